The summed E-state index contributed by atoms with van der Waals surface area (Å²) in [7, 11) is 0. The second kappa shape index (κ2) is 14.3. The van der Waals surface area contributed by atoms with Crippen molar-refractivity contribution in [1.29, 1.82) is 0 Å². The van der Waals surface area contributed by atoms with Gasteiger partial charge in [-0.05, 0) is 67.2 Å². The number of amides is 2. The zero-order valence-electron chi connectivity index (χ0n) is 20.1. The van der Waals surface area contributed by atoms with Crippen molar-refractivity contribution in [2.45, 2.75) is 44.4 Å². The first-order valence-electron chi connectivity index (χ1n) is 12.2. The van der Waals surface area contributed by atoms with Gasteiger partial charge in [-0.25, -0.2) is 8.78 Å². The molecule has 1 aliphatic carbocycles. The molecule has 3 rings (SSSR count). The lowest BCUT2D eigenvalue weighted by molar-refractivity contribution is -0.121. The maximum absolute atomic E-state index is 13.4. The first-order valence-corrected chi connectivity index (χ1v) is 12.6. The summed E-state index contributed by atoms with van der Waals surface area (Å²) in [6.45, 7) is 0.779. The standard InChI is InChI=1S/C29H31ClF2N2O2/c30-24-13-7-23(8-14-24)29(36)34-20-4-3-19-33-28(35)6-2-1-5-27(21-9-15-25(31)16-10-21)22-11-17-26(32)18-12-22/h3-4,7,9-13,15-18,27H,1-2,5-6,8,14,19-20H2,(H,33,35)(H,34,36)/b4-3-. The topological polar surface area (TPSA) is 58.2 Å². The van der Waals surface area contributed by atoms with E-state index >= 15 is 0 Å². The van der Waals surface area contributed by atoms with E-state index in [0.29, 0.717) is 44.3 Å². The Kier molecular flexibility index (Phi) is 10.9. The second-order valence-corrected chi connectivity index (χ2v) is 9.18. The third kappa shape index (κ3) is 9.08. The summed E-state index contributed by atoms with van der Waals surface area (Å²) in [5.41, 5.74) is 2.64. The lowest BCUT2D eigenvalue weighted by atomic mass is 9.87. The maximum atomic E-state index is 13.4. The van der Waals surface area contributed by atoms with Gasteiger partial charge in [-0.15, -0.1) is 0 Å². The molecular formula is C29H31ClF2N2O2. The molecule has 2 aromatic rings. The van der Waals surface area contributed by atoms with Crippen LogP contribution in [0.4, 0.5) is 8.78 Å². The van der Waals surface area contributed by atoms with E-state index in [-0.39, 0.29) is 29.4 Å². The number of carbonyl (C=O) groups is 2. The normalized spacial score (nSPS) is 13.4. The Hall–Kier alpha value is -3.25. The fraction of sp³-hybridized carbons (Fsp3) is 0.310. The Morgan fingerprint density at radius 2 is 1.42 bits per heavy atom. The summed E-state index contributed by atoms with van der Waals surface area (Å²) in [6, 6.07) is 12.7. The molecule has 2 amide bonds. The Labute approximate surface area is 216 Å². The van der Waals surface area contributed by atoms with Gasteiger partial charge in [0.1, 0.15) is 11.6 Å². The van der Waals surface area contributed by atoms with Crippen LogP contribution in [-0.4, -0.2) is 24.9 Å². The largest absolute Gasteiger partial charge is 0.353 e. The van der Waals surface area contributed by atoms with Crippen LogP contribution in [0.15, 0.2) is 83.4 Å². The zero-order chi connectivity index (χ0) is 25.8. The van der Waals surface area contributed by atoms with E-state index in [4.69, 9.17) is 11.6 Å². The lowest BCUT2D eigenvalue weighted by Crippen LogP contribution is -2.26. The van der Waals surface area contributed by atoms with Crippen LogP contribution >= 0.6 is 11.6 Å². The summed E-state index contributed by atoms with van der Waals surface area (Å²) in [4.78, 5) is 24.2. The maximum Gasteiger partial charge on any atom is 0.247 e. The van der Waals surface area contributed by atoms with Crippen molar-refractivity contribution in [2.24, 2.45) is 0 Å². The number of hydrogen-bond acceptors (Lipinski definition) is 2. The average Bonchev–Trinajstić information content (AvgIpc) is 2.88. The fourth-order valence-corrected chi connectivity index (χ4v) is 4.20. The molecule has 36 heavy (non-hydrogen) atoms. The molecule has 2 N–H and O–H groups in total. The van der Waals surface area contributed by atoms with Crippen LogP contribution in [0.3, 0.4) is 0 Å². The number of rotatable bonds is 12. The monoisotopic (exact) mass is 512 g/mol. The molecule has 0 heterocycles. The molecule has 190 valence electrons. The van der Waals surface area contributed by atoms with Crippen LogP contribution in [0.25, 0.3) is 0 Å². The van der Waals surface area contributed by atoms with Gasteiger partial charge in [0, 0.05) is 36.0 Å². The first-order chi connectivity index (χ1) is 17.4. The summed E-state index contributed by atoms with van der Waals surface area (Å²) < 4.78 is 26.7. The lowest BCUT2D eigenvalue weighted by Gasteiger charge is -2.18. The molecule has 1 aliphatic rings. The van der Waals surface area contributed by atoms with E-state index in [2.05, 4.69) is 10.6 Å². The molecule has 0 unspecified atom stereocenters. The molecule has 0 saturated carbocycles. The van der Waals surface area contributed by atoms with Gasteiger partial charge in [0.2, 0.25) is 11.8 Å². The second-order valence-electron chi connectivity index (χ2n) is 8.69. The van der Waals surface area contributed by atoms with Gasteiger partial charge in [-0.3, -0.25) is 9.59 Å². The molecule has 0 atom stereocenters. The van der Waals surface area contributed by atoms with Crippen LogP contribution in [-0.2, 0) is 9.59 Å². The first kappa shape index (κ1) is 27.3. The summed E-state index contributed by atoms with van der Waals surface area (Å²) in [5, 5.41) is 6.42. The van der Waals surface area contributed by atoms with Gasteiger partial charge in [0.15, 0.2) is 0 Å². The van der Waals surface area contributed by atoms with Crippen molar-refractivity contribution in [3.05, 3.63) is 106 Å². The highest BCUT2D eigenvalue weighted by molar-refractivity contribution is 6.29. The van der Waals surface area contributed by atoms with Gasteiger partial charge in [-0.1, -0.05) is 60.5 Å². The Morgan fingerprint density at radius 1 is 0.833 bits per heavy atom. The molecule has 0 radical (unpaired) electrons. The molecule has 0 saturated heterocycles. The van der Waals surface area contributed by atoms with Crippen LogP contribution in [0, 0.1) is 11.6 Å². The number of unbranched alkanes of at least 4 members (excludes halogenated alkanes) is 1. The van der Waals surface area contributed by atoms with Crippen LogP contribution < -0.4 is 10.6 Å². The number of halogens is 3. The van der Waals surface area contributed by atoms with Crippen LogP contribution in [0.2, 0.25) is 0 Å². The quantitative estimate of drug-likeness (QED) is 0.259. The van der Waals surface area contributed by atoms with Gasteiger partial charge < -0.3 is 10.6 Å². The van der Waals surface area contributed by atoms with E-state index in [1.54, 1.807) is 42.5 Å². The Morgan fingerprint density at radius 3 is 1.97 bits per heavy atom. The highest BCUT2D eigenvalue weighted by atomic mass is 35.5. The zero-order valence-corrected chi connectivity index (χ0v) is 20.9. The minimum absolute atomic E-state index is 0.00443. The van der Waals surface area contributed by atoms with Crippen molar-refractivity contribution in [1.82, 2.24) is 10.6 Å². The SMILES string of the molecule is O=C(CCCCC(c1ccc(F)cc1)c1ccc(F)cc1)NC/C=C\CNC(=O)C1=CC=C(Cl)CC1. The number of carbonyl (C=O) groups excluding carboxylic acids is 2. The summed E-state index contributed by atoms with van der Waals surface area (Å²) in [6.07, 6.45) is 11.1. The smallest absolute Gasteiger partial charge is 0.247 e. The summed E-state index contributed by atoms with van der Waals surface area (Å²) in [5.74, 6) is -0.739. The Bertz CT molecular complexity index is 1060. The van der Waals surface area contributed by atoms with E-state index in [0.717, 1.165) is 29.0 Å². The van der Waals surface area contributed by atoms with Crippen LogP contribution in [0.5, 0.6) is 0 Å². The Balaban J connectivity index is 1.35. The third-order valence-electron chi connectivity index (χ3n) is 6.05. The van der Waals surface area contributed by atoms with E-state index in [1.807, 2.05) is 6.08 Å². The number of allylic oxidation sites excluding steroid dienone is 3. The van der Waals surface area contributed by atoms with Gasteiger partial charge >= 0.3 is 0 Å². The van der Waals surface area contributed by atoms with Gasteiger partial charge in [0.05, 0.1) is 0 Å². The number of hydrogen-bond donors (Lipinski definition) is 2. The molecule has 0 bridgehead atoms. The van der Waals surface area contributed by atoms with Crippen molar-refractivity contribution in [3.63, 3.8) is 0 Å². The molecule has 7 heteroatoms. The molecule has 2 aromatic carbocycles. The molecule has 4 nitrogen and oxygen atoms in total. The number of benzene rings is 2. The van der Waals surface area contributed by atoms with Crippen molar-refractivity contribution >= 4 is 23.4 Å². The summed E-state index contributed by atoms with van der Waals surface area (Å²) >= 11 is 5.90. The van der Waals surface area contributed by atoms with Crippen molar-refractivity contribution in [3.8, 4) is 0 Å². The van der Waals surface area contributed by atoms with Gasteiger partial charge in [-0.2, -0.15) is 0 Å². The van der Waals surface area contributed by atoms with E-state index in [1.165, 1.54) is 24.3 Å². The minimum atomic E-state index is -0.297. The molecule has 0 aromatic heterocycles. The van der Waals surface area contributed by atoms with Gasteiger partial charge in [0.25, 0.3) is 0 Å². The number of nitrogens with one attached hydrogen (secondary N) is 2. The predicted octanol–water partition coefficient (Wildman–Crippen LogP) is 6.29. The van der Waals surface area contributed by atoms with Crippen LogP contribution in [0.1, 0.15) is 55.6 Å². The molecule has 0 aliphatic heterocycles. The van der Waals surface area contributed by atoms with E-state index < -0.39 is 0 Å². The highest BCUT2D eigenvalue weighted by Gasteiger charge is 2.15. The van der Waals surface area contributed by atoms with Crippen molar-refractivity contribution < 1.29 is 18.4 Å². The molecular weight excluding hydrogens is 482 g/mol. The molecule has 0 fully saturated rings. The average molecular weight is 513 g/mol. The highest BCUT2D eigenvalue weighted by Crippen LogP contribution is 2.30. The fourth-order valence-electron chi connectivity index (χ4n) is 4.04. The third-order valence-corrected chi connectivity index (χ3v) is 6.36. The predicted molar refractivity (Wildman–Crippen MR) is 140 cm³/mol. The van der Waals surface area contributed by atoms with Crippen molar-refractivity contribution in [2.75, 3.05) is 13.1 Å². The minimum Gasteiger partial charge on any atom is -0.353 e. The van der Waals surface area contributed by atoms with E-state index in [9.17, 15) is 18.4 Å². The molecule has 0 spiro atoms.